The van der Waals surface area contributed by atoms with Crippen LogP contribution >= 0.6 is 0 Å². The van der Waals surface area contributed by atoms with E-state index in [1.54, 1.807) is 0 Å². The van der Waals surface area contributed by atoms with Crippen LogP contribution in [-0.4, -0.2) is 43.0 Å². The van der Waals surface area contributed by atoms with E-state index in [9.17, 15) is 0 Å². The maximum atomic E-state index is 5.77. The molecule has 2 saturated heterocycles. The molecule has 2 fully saturated rings. The molecule has 0 spiro atoms. The predicted molar refractivity (Wildman–Crippen MR) is 45.9 cm³/mol. The highest BCUT2D eigenvalue weighted by Gasteiger charge is 2.49. The molecule has 0 N–H and O–H groups in total. The maximum absolute atomic E-state index is 5.77. The van der Waals surface area contributed by atoms with Crippen LogP contribution in [0.15, 0.2) is 0 Å². The third kappa shape index (κ3) is 1.08. The van der Waals surface area contributed by atoms with Crippen molar-refractivity contribution in [1.29, 1.82) is 0 Å². The molecule has 2 rings (SSSR count). The molecule has 2 aliphatic heterocycles. The molecule has 0 aliphatic carbocycles. The molecule has 2 heterocycles. The molecule has 3 heteroatoms. The van der Waals surface area contributed by atoms with Gasteiger partial charge in [0.15, 0.2) is 0 Å². The van der Waals surface area contributed by atoms with E-state index < -0.39 is 0 Å². The van der Waals surface area contributed by atoms with Gasteiger partial charge in [-0.2, -0.15) is 0 Å². The summed E-state index contributed by atoms with van der Waals surface area (Å²) in [6, 6.07) is 0.436. The molecule has 0 saturated carbocycles. The zero-order valence-corrected chi connectivity index (χ0v) is 8.04. The lowest BCUT2D eigenvalue weighted by Gasteiger charge is -2.40. The molecule has 70 valence electrons. The first kappa shape index (κ1) is 8.48. The molecule has 0 aromatic rings. The van der Waals surface area contributed by atoms with Crippen molar-refractivity contribution in [3.05, 3.63) is 0 Å². The minimum Gasteiger partial charge on any atom is -0.377 e. The van der Waals surface area contributed by atoms with E-state index in [2.05, 4.69) is 25.8 Å². The summed E-state index contributed by atoms with van der Waals surface area (Å²) in [4.78, 5) is 2.24. The summed E-state index contributed by atoms with van der Waals surface area (Å²) >= 11 is 0. The first-order valence-corrected chi connectivity index (χ1v) is 4.59. The summed E-state index contributed by atoms with van der Waals surface area (Å²) in [5.74, 6) is 0. The van der Waals surface area contributed by atoms with Gasteiger partial charge in [0.05, 0.1) is 24.5 Å². The summed E-state index contributed by atoms with van der Waals surface area (Å²) in [5.41, 5.74) is 0.0341. The summed E-state index contributed by atoms with van der Waals surface area (Å²) in [7, 11) is 2.10. The number of nitrogens with zero attached hydrogens (tertiary/aromatic N) is 1. The molecule has 3 nitrogen and oxygen atoms in total. The Kier molecular flexibility index (Phi) is 1.90. The van der Waals surface area contributed by atoms with Crippen molar-refractivity contribution < 1.29 is 9.47 Å². The van der Waals surface area contributed by atoms with Gasteiger partial charge in [-0.05, 0) is 20.9 Å². The topological polar surface area (TPSA) is 21.7 Å². The molecule has 0 unspecified atom stereocenters. The van der Waals surface area contributed by atoms with Gasteiger partial charge < -0.3 is 9.47 Å². The fourth-order valence-corrected chi connectivity index (χ4v) is 2.49. The molecular weight excluding hydrogens is 154 g/mol. The molecule has 0 amide bonds. The Balaban J connectivity index is 2.20. The Labute approximate surface area is 73.6 Å². The minimum absolute atomic E-state index is 0.0341. The molecule has 0 aromatic heterocycles. The van der Waals surface area contributed by atoms with Gasteiger partial charge >= 0.3 is 0 Å². The van der Waals surface area contributed by atoms with E-state index in [0.717, 1.165) is 19.8 Å². The second-order valence-corrected chi connectivity index (χ2v) is 4.11. The second-order valence-electron chi connectivity index (χ2n) is 4.11. The zero-order chi connectivity index (χ0) is 8.77. The number of fused-ring (bicyclic) bond motifs is 1. The Bertz CT molecular complexity index is 181. The highest BCUT2D eigenvalue weighted by atomic mass is 16.5. The van der Waals surface area contributed by atoms with Crippen molar-refractivity contribution >= 4 is 0 Å². The quantitative estimate of drug-likeness (QED) is 0.539. The van der Waals surface area contributed by atoms with E-state index in [1.165, 1.54) is 0 Å². The summed E-state index contributed by atoms with van der Waals surface area (Å²) < 4.78 is 11.4. The molecular formula is C9H17NO2. The van der Waals surface area contributed by atoms with E-state index >= 15 is 0 Å². The normalized spacial score (nSPS) is 49.2. The SMILES string of the molecule is C[C@@H]1OCC[C@]2(C)OCN(C)[C@H]12. The predicted octanol–water partition coefficient (Wildman–Crippen LogP) is 0.842. The molecule has 0 radical (unpaired) electrons. The van der Waals surface area contributed by atoms with Crippen molar-refractivity contribution in [3.63, 3.8) is 0 Å². The van der Waals surface area contributed by atoms with Crippen LogP contribution < -0.4 is 0 Å². The van der Waals surface area contributed by atoms with E-state index in [-0.39, 0.29) is 5.60 Å². The van der Waals surface area contributed by atoms with Crippen molar-refractivity contribution in [2.75, 3.05) is 20.4 Å². The first-order valence-electron chi connectivity index (χ1n) is 4.59. The van der Waals surface area contributed by atoms with Gasteiger partial charge in [-0.3, -0.25) is 4.90 Å². The monoisotopic (exact) mass is 171 g/mol. The molecule has 3 atom stereocenters. The number of likely N-dealkylation sites (N-methyl/N-ethyl adjacent to an activating group) is 1. The molecule has 0 aromatic carbocycles. The van der Waals surface area contributed by atoms with Crippen LogP contribution in [0.1, 0.15) is 20.3 Å². The van der Waals surface area contributed by atoms with Crippen LogP contribution in [0.3, 0.4) is 0 Å². The van der Waals surface area contributed by atoms with Gasteiger partial charge in [0.2, 0.25) is 0 Å². The van der Waals surface area contributed by atoms with Crippen LogP contribution in [-0.2, 0) is 9.47 Å². The summed E-state index contributed by atoms with van der Waals surface area (Å²) in [6.07, 6.45) is 1.32. The number of ether oxygens (including phenoxy) is 2. The van der Waals surface area contributed by atoms with E-state index in [4.69, 9.17) is 9.47 Å². The number of rotatable bonds is 0. The number of hydrogen-bond donors (Lipinski definition) is 0. The summed E-state index contributed by atoms with van der Waals surface area (Å²) in [5, 5.41) is 0. The third-order valence-electron chi connectivity index (χ3n) is 3.12. The average Bonchev–Trinajstić information content (AvgIpc) is 2.29. The van der Waals surface area contributed by atoms with Gasteiger partial charge in [-0.1, -0.05) is 0 Å². The van der Waals surface area contributed by atoms with Crippen LogP contribution in [0.5, 0.6) is 0 Å². The second kappa shape index (κ2) is 2.69. The number of hydrogen-bond acceptors (Lipinski definition) is 3. The van der Waals surface area contributed by atoms with Gasteiger partial charge in [-0.25, -0.2) is 0 Å². The molecule has 2 aliphatic rings. The Morgan fingerprint density at radius 1 is 1.50 bits per heavy atom. The minimum atomic E-state index is 0.0341. The van der Waals surface area contributed by atoms with Gasteiger partial charge in [-0.15, -0.1) is 0 Å². The maximum Gasteiger partial charge on any atom is 0.1000 e. The van der Waals surface area contributed by atoms with Crippen LogP contribution in [0.25, 0.3) is 0 Å². The Hall–Kier alpha value is -0.120. The van der Waals surface area contributed by atoms with Crippen LogP contribution in [0.2, 0.25) is 0 Å². The fourth-order valence-electron chi connectivity index (χ4n) is 2.49. The van der Waals surface area contributed by atoms with E-state index in [1.807, 2.05) is 0 Å². The fraction of sp³-hybridized carbons (Fsp3) is 1.00. The van der Waals surface area contributed by atoms with Crippen molar-refractivity contribution in [1.82, 2.24) is 4.90 Å². The van der Waals surface area contributed by atoms with Crippen molar-refractivity contribution in [3.8, 4) is 0 Å². The van der Waals surface area contributed by atoms with Gasteiger partial charge in [0.1, 0.15) is 0 Å². The highest BCUT2D eigenvalue weighted by Crippen LogP contribution is 2.36. The van der Waals surface area contributed by atoms with Crippen molar-refractivity contribution in [2.45, 2.75) is 38.0 Å². The van der Waals surface area contributed by atoms with Crippen LogP contribution in [0.4, 0.5) is 0 Å². The standard InChI is InChI=1S/C9H17NO2/c1-7-8-9(2,4-5-11-7)12-6-10(8)3/h7-8H,4-6H2,1-3H3/t7-,8+,9-/m0/s1. The van der Waals surface area contributed by atoms with Gasteiger partial charge in [0.25, 0.3) is 0 Å². The lowest BCUT2D eigenvalue weighted by atomic mass is 9.87. The molecule has 0 bridgehead atoms. The highest BCUT2D eigenvalue weighted by molar-refractivity contribution is 4.99. The van der Waals surface area contributed by atoms with Crippen molar-refractivity contribution in [2.24, 2.45) is 0 Å². The Morgan fingerprint density at radius 2 is 2.25 bits per heavy atom. The lowest BCUT2D eigenvalue weighted by Crippen LogP contribution is -2.53. The Morgan fingerprint density at radius 3 is 2.92 bits per heavy atom. The summed E-state index contributed by atoms with van der Waals surface area (Å²) in [6.45, 7) is 5.91. The smallest absolute Gasteiger partial charge is 0.1000 e. The van der Waals surface area contributed by atoms with Gasteiger partial charge in [0, 0.05) is 13.0 Å². The third-order valence-corrected chi connectivity index (χ3v) is 3.12. The zero-order valence-electron chi connectivity index (χ0n) is 8.04. The van der Waals surface area contributed by atoms with Crippen LogP contribution in [0, 0.1) is 0 Å². The average molecular weight is 171 g/mol. The van der Waals surface area contributed by atoms with E-state index in [0.29, 0.717) is 12.1 Å². The first-order chi connectivity index (χ1) is 5.63. The lowest BCUT2D eigenvalue weighted by molar-refractivity contribution is -0.0999. The largest absolute Gasteiger partial charge is 0.377 e. The molecule has 12 heavy (non-hydrogen) atoms.